The highest BCUT2D eigenvalue weighted by Gasteiger charge is 2.08. The first-order valence-corrected chi connectivity index (χ1v) is 5.49. The molecule has 1 aromatic heterocycles. The second kappa shape index (κ2) is 4.94. The first-order chi connectivity index (χ1) is 7.81. The van der Waals surface area contributed by atoms with E-state index < -0.39 is 0 Å². The van der Waals surface area contributed by atoms with Gasteiger partial charge in [0.15, 0.2) is 5.82 Å². The molecule has 0 fully saturated rings. The average molecular weight is 234 g/mol. The molecular weight excluding hydrogens is 222 g/mol. The molecule has 0 aliphatic rings. The molecule has 1 aromatic carbocycles. The molecule has 16 heavy (non-hydrogen) atoms. The molecule has 0 radical (unpaired) electrons. The Bertz CT molecular complexity index is 459. The van der Waals surface area contributed by atoms with Gasteiger partial charge in [0.05, 0.1) is 12.4 Å². The van der Waals surface area contributed by atoms with Crippen LogP contribution in [0.25, 0.3) is 0 Å². The number of anilines is 2. The van der Waals surface area contributed by atoms with Gasteiger partial charge in [-0.1, -0.05) is 29.8 Å². The fraction of sp³-hybridized carbons (Fsp3) is 0.167. The van der Waals surface area contributed by atoms with Gasteiger partial charge in [0.25, 0.3) is 0 Å². The van der Waals surface area contributed by atoms with Crippen LogP contribution in [-0.2, 0) is 0 Å². The molecule has 0 amide bonds. The van der Waals surface area contributed by atoms with Crippen LogP contribution in [0.1, 0.15) is 6.92 Å². The molecule has 0 aliphatic carbocycles. The molecule has 0 aliphatic heterocycles. The van der Waals surface area contributed by atoms with Gasteiger partial charge < -0.3 is 4.90 Å². The summed E-state index contributed by atoms with van der Waals surface area (Å²) in [5, 5.41) is 0.409. The van der Waals surface area contributed by atoms with Crippen LogP contribution >= 0.6 is 11.6 Å². The summed E-state index contributed by atoms with van der Waals surface area (Å²) in [5.74, 6) is 0.765. The molecule has 2 aromatic rings. The van der Waals surface area contributed by atoms with Crippen LogP contribution in [0.5, 0.6) is 0 Å². The van der Waals surface area contributed by atoms with Crippen molar-refractivity contribution in [1.82, 2.24) is 9.97 Å². The third-order valence-electron chi connectivity index (χ3n) is 2.25. The summed E-state index contributed by atoms with van der Waals surface area (Å²) in [6.45, 7) is 2.88. The molecule has 0 spiro atoms. The normalized spacial score (nSPS) is 10.1. The van der Waals surface area contributed by atoms with Crippen LogP contribution in [-0.4, -0.2) is 16.5 Å². The number of rotatable bonds is 3. The Morgan fingerprint density at radius 1 is 1.19 bits per heavy atom. The van der Waals surface area contributed by atoms with Crippen molar-refractivity contribution in [2.75, 3.05) is 11.4 Å². The van der Waals surface area contributed by atoms with Gasteiger partial charge in [-0.05, 0) is 19.1 Å². The van der Waals surface area contributed by atoms with Crippen molar-refractivity contribution in [3.05, 3.63) is 47.9 Å². The molecule has 0 saturated heterocycles. The van der Waals surface area contributed by atoms with Crippen LogP contribution in [0.3, 0.4) is 0 Å². The van der Waals surface area contributed by atoms with Crippen LogP contribution in [0.4, 0.5) is 11.5 Å². The smallest absolute Gasteiger partial charge is 0.153 e. The molecule has 4 heteroatoms. The predicted molar refractivity (Wildman–Crippen MR) is 66.2 cm³/mol. The van der Waals surface area contributed by atoms with Crippen molar-refractivity contribution in [1.29, 1.82) is 0 Å². The minimum Gasteiger partial charge on any atom is -0.325 e. The minimum absolute atomic E-state index is 0.409. The van der Waals surface area contributed by atoms with Crippen LogP contribution in [0, 0.1) is 0 Å². The largest absolute Gasteiger partial charge is 0.325 e. The molecule has 0 saturated carbocycles. The minimum atomic E-state index is 0.409. The van der Waals surface area contributed by atoms with E-state index in [4.69, 9.17) is 11.6 Å². The highest BCUT2D eigenvalue weighted by atomic mass is 35.5. The van der Waals surface area contributed by atoms with Crippen LogP contribution < -0.4 is 4.90 Å². The predicted octanol–water partition coefficient (Wildman–Crippen LogP) is 3.29. The van der Waals surface area contributed by atoms with E-state index in [1.54, 1.807) is 6.20 Å². The topological polar surface area (TPSA) is 29.0 Å². The molecule has 2 rings (SSSR count). The third kappa shape index (κ3) is 2.31. The summed E-state index contributed by atoms with van der Waals surface area (Å²) in [6, 6.07) is 10.0. The lowest BCUT2D eigenvalue weighted by Gasteiger charge is -2.21. The number of nitrogens with zero attached hydrogens (tertiary/aromatic N) is 3. The molecule has 0 unspecified atom stereocenters. The zero-order valence-electron chi connectivity index (χ0n) is 8.97. The first-order valence-electron chi connectivity index (χ1n) is 5.11. The van der Waals surface area contributed by atoms with Crippen molar-refractivity contribution in [3.63, 3.8) is 0 Å². The van der Waals surface area contributed by atoms with Gasteiger partial charge in [0, 0.05) is 12.2 Å². The fourth-order valence-corrected chi connectivity index (χ4v) is 1.69. The quantitative estimate of drug-likeness (QED) is 0.815. The Balaban J connectivity index is 2.37. The molecule has 0 atom stereocenters. The fourth-order valence-electron chi connectivity index (χ4n) is 1.55. The number of halogens is 1. The van der Waals surface area contributed by atoms with Crippen molar-refractivity contribution >= 4 is 23.1 Å². The van der Waals surface area contributed by atoms with E-state index in [9.17, 15) is 0 Å². The van der Waals surface area contributed by atoms with E-state index in [2.05, 4.69) is 21.8 Å². The van der Waals surface area contributed by atoms with E-state index in [0.29, 0.717) is 5.15 Å². The van der Waals surface area contributed by atoms with Crippen molar-refractivity contribution in [2.24, 2.45) is 0 Å². The van der Waals surface area contributed by atoms with Crippen LogP contribution in [0.15, 0.2) is 42.7 Å². The van der Waals surface area contributed by atoms with E-state index >= 15 is 0 Å². The highest BCUT2D eigenvalue weighted by Crippen LogP contribution is 2.22. The summed E-state index contributed by atoms with van der Waals surface area (Å²) in [5.41, 5.74) is 1.08. The van der Waals surface area contributed by atoms with Gasteiger partial charge in [-0.25, -0.2) is 4.98 Å². The van der Waals surface area contributed by atoms with Crippen molar-refractivity contribution in [3.8, 4) is 0 Å². The average Bonchev–Trinajstić information content (AvgIpc) is 2.31. The van der Waals surface area contributed by atoms with Gasteiger partial charge in [0.2, 0.25) is 0 Å². The van der Waals surface area contributed by atoms with Crippen LogP contribution in [0.2, 0.25) is 5.15 Å². The summed E-state index contributed by atoms with van der Waals surface area (Å²) >= 11 is 5.83. The van der Waals surface area contributed by atoms with Gasteiger partial charge in [-0.2, -0.15) is 0 Å². The lowest BCUT2D eigenvalue weighted by atomic mass is 10.3. The zero-order chi connectivity index (χ0) is 11.4. The summed E-state index contributed by atoms with van der Waals surface area (Å²) < 4.78 is 0. The Morgan fingerprint density at radius 2 is 1.94 bits per heavy atom. The van der Waals surface area contributed by atoms with E-state index in [1.807, 2.05) is 30.3 Å². The number of benzene rings is 1. The summed E-state index contributed by atoms with van der Waals surface area (Å²) in [7, 11) is 0. The number of hydrogen-bond acceptors (Lipinski definition) is 3. The molecule has 3 nitrogen and oxygen atoms in total. The van der Waals surface area contributed by atoms with E-state index in [-0.39, 0.29) is 0 Å². The van der Waals surface area contributed by atoms with Gasteiger partial charge in [-0.15, -0.1) is 0 Å². The maximum Gasteiger partial charge on any atom is 0.153 e. The van der Waals surface area contributed by atoms with Crippen molar-refractivity contribution in [2.45, 2.75) is 6.92 Å². The number of para-hydroxylation sites is 1. The molecule has 82 valence electrons. The number of hydrogen-bond donors (Lipinski definition) is 0. The monoisotopic (exact) mass is 233 g/mol. The van der Waals surface area contributed by atoms with E-state index in [0.717, 1.165) is 18.1 Å². The highest BCUT2D eigenvalue weighted by molar-refractivity contribution is 6.29. The number of aromatic nitrogens is 2. The Hall–Kier alpha value is -1.61. The third-order valence-corrected chi connectivity index (χ3v) is 2.44. The van der Waals surface area contributed by atoms with Crippen molar-refractivity contribution < 1.29 is 0 Å². The van der Waals surface area contributed by atoms with Gasteiger partial charge in [-0.3, -0.25) is 4.98 Å². The second-order valence-electron chi connectivity index (χ2n) is 3.28. The maximum absolute atomic E-state index is 5.83. The Morgan fingerprint density at radius 3 is 2.56 bits per heavy atom. The van der Waals surface area contributed by atoms with Gasteiger partial charge in [0.1, 0.15) is 5.15 Å². The maximum atomic E-state index is 5.83. The zero-order valence-corrected chi connectivity index (χ0v) is 9.72. The lowest BCUT2D eigenvalue weighted by Crippen LogP contribution is -2.17. The lowest BCUT2D eigenvalue weighted by molar-refractivity contribution is 0.976. The van der Waals surface area contributed by atoms with E-state index in [1.165, 1.54) is 6.20 Å². The Kier molecular flexibility index (Phi) is 3.37. The first kappa shape index (κ1) is 10.9. The SMILES string of the molecule is CCN(c1ccccc1)c1cncc(Cl)n1. The molecule has 0 bridgehead atoms. The molecular formula is C12H12ClN3. The van der Waals surface area contributed by atoms with Gasteiger partial charge >= 0.3 is 0 Å². The molecule has 1 heterocycles. The Labute approximate surface area is 99.7 Å². The molecule has 0 N–H and O–H groups in total. The second-order valence-corrected chi connectivity index (χ2v) is 3.67. The summed E-state index contributed by atoms with van der Waals surface area (Å²) in [4.78, 5) is 10.3. The summed E-state index contributed by atoms with van der Waals surface area (Å²) in [6.07, 6.45) is 3.24. The standard InChI is InChI=1S/C12H12ClN3/c1-2-16(10-6-4-3-5-7-10)12-9-14-8-11(13)15-12/h3-9H,2H2,1H3.